The Labute approximate surface area is 130 Å². The van der Waals surface area contributed by atoms with Gasteiger partial charge in [-0.15, -0.1) is 0 Å². The number of benzene rings is 1. The van der Waals surface area contributed by atoms with Gasteiger partial charge in [-0.1, -0.05) is 56.0 Å². The molecule has 21 heavy (non-hydrogen) atoms. The highest BCUT2D eigenvalue weighted by Crippen LogP contribution is 2.24. The summed E-state index contributed by atoms with van der Waals surface area (Å²) in [6.07, 6.45) is 8.44. The van der Waals surface area contributed by atoms with Crippen molar-refractivity contribution in [3.8, 4) is 0 Å². The first-order valence-electron chi connectivity index (χ1n) is 7.82. The molecule has 1 aromatic carbocycles. The summed E-state index contributed by atoms with van der Waals surface area (Å²) in [4.78, 5) is 12.5. The van der Waals surface area contributed by atoms with Crippen molar-refractivity contribution < 1.29 is 9.00 Å². The van der Waals surface area contributed by atoms with Gasteiger partial charge in [0.2, 0.25) is 5.91 Å². The molecule has 0 radical (unpaired) electrons. The molecule has 0 heterocycles. The largest absolute Gasteiger partial charge is 0.348 e. The van der Waals surface area contributed by atoms with E-state index in [1.807, 2.05) is 30.3 Å². The molecule has 1 aliphatic rings. The van der Waals surface area contributed by atoms with E-state index in [4.69, 9.17) is 0 Å². The fourth-order valence-electron chi connectivity index (χ4n) is 2.97. The van der Waals surface area contributed by atoms with E-state index in [9.17, 15) is 9.00 Å². The molecule has 4 heteroatoms. The van der Waals surface area contributed by atoms with E-state index in [2.05, 4.69) is 5.32 Å². The molecule has 1 aromatic rings. The quantitative estimate of drug-likeness (QED) is 0.849. The summed E-state index contributed by atoms with van der Waals surface area (Å²) in [5, 5.41) is 3.13. The van der Waals surface area contributed by atoms with Crippen LogP contribution in [0.25, 0.3) is 0 Å². The molecule has 116 valence electrons. The van der Waals surface area contributed by atoms with Crippen molar-refractivity contribution in [1.29, 1.82) is 0 Å². The van der Waals surface area contributed by atoms with Crippen LogP contribution in [0.1, 0.15) is 50.1 Å². The number of amides is 1. The Bertz CT molecular complexity index is 467. The third kappa shape index (κ3) is 5.27. The molecule has 1 N–H and O–H groups in total. The van der Waals surface area contributed by atoms with E-state index >= 15 is 0 Å². The van der Waals surface area contributed by atoms with Crippen molar-refractivity contribution in [3.05, 3.63) is 35.9 Å². The highest BCUT2D eigenvalue weighted by molar-refractivity contribution is 7.84. The lowest BCUT2D eigenvalue weighted by Gasteiger charge is -2.22. The second kappa shape index (κ2) is 8.32. The van der Waals surface area contributed by atoms with Crippen LogP contribution in [0.2, 0.25) is 0 Å². The Hall–Kier alpha value is -1.16. The van der Waals surface area contributed by atoms with Crippen molar-refractivity contribution in [2.75, 3.05) is 12.0 Å². The topological polar surface area (TPSA) is 46.2 Å². The Kier molecular flexibility index (Phi) is 6.43. The van der Waals surface area contributed by atoms with Crippen LogP contribution < -0.4 is 5.32 Å². The van der Waals surface area contributed by atoms with Crippen LogP contribution in [0, 0.1) is 5.92 Å². The number of hydrogen-bond donors (Lipinski definition) is 1. The van der Waals surface area contributed by atoms with Gasteiger partial charge in [0.05, 0.1) is 6.04 Å². The molecule has 2 rings (SSSR count). The summed E-state index contributed by atoms with van der Waals surface area (Å²) in [6, 6.07) is 9.71. The number of hydrogen-bond acceptors (Lipinski definition) is 2. The summed E-state index contributed by atoms with van der Waals surface area (Å²) in [5.41, 5.74) is 1.04. The van der Waals surface area contributed by atoms with Crippen LogP contribution in [-0.2, 0) is 15.6 Å². The normalized spacial score (nSPS) is 19.5. The minimum absolute atomic E-state index is 0.129. The monoisotopic (exact) mass is 307 g/mol. The Balaban J connectivity index is 2.03. The Morgan fingerprint density at radius 3 is 2.38 bits per heavy atom. The maximum Gasteiger partial charge on any atom is 0.223 e. The minimum Gasteiger partial charge on any atom is -0.348 e. The molecule has 3 nitrogen and oxygen atoms in total. The minimum atomic E-state index is -0.936. The highest BCUT2D eigenvalue weighted by atomic mass is 32.2. The molecule has 1 amide bonds. The highest BCUT2D eigenvalue weighted by Gasteiger charge is 2.23. The van der Waals surface area contributed by atoms with E-state index in [1.165, 1.54) is 12.8 Å². The fourth-order valence-corrected chi connectivity index (χ4v) is 3.72. The molecule has 0 aromatic heterocycles. The first-order valence-corrected chi connectivity index (χ1v) is 9.55. The van der Waals surface area contributed by atoms with Gasteiger partial charge in [-0.2, -0.15) is 0 Å². The van der Waals surface area contributed by atoms with Crippen molar-refractivity contribution in [3.63, 3.8) is 0 Å². The van der Waals surface area contributed by atoms with Crippen LogP contribution in [0.5, 0.6) is 0 Å². The van der Waals surface area contributed by atoms with E-state index in [0.29, 0.717) is 5.75 Å². The van der Waals surface area contributed by atoms with Crippen molar-refractivity contribution in [2.24, 2.45) is 5.92 Å². The summed E-state index contributed by atoms with van der Waals surface area (Å²) in [5.74, 6) is 0.739. The zero-order valence-electron chi connectivity index (χ0n) is 12.7. The van der Waals surface area contributed by atoms with E-state index < -0.39 is 10.8 Å². The molecule has 1 saturated carbocycles. The van der Waals surface area contributed by atoms with Crippen molar-refractivity contribution >= 4 is 16.7 Å². The van der Waals surface area contributed by atoms with Gasteiger partial charge >= 0.3 is 0 Å². The Morgan fingerprint density at radius 2 is 1.81 bits per heavy atom. The molecule has 1 aliphatic carbocycles. The van der Waals surface area contributed by atoms with Gasteiger partial charge < -0.3 is 5.32 Å². The van der Waals surface area contributed by atoms with Gasteiger partial charge in [0.1, 0.15) is 0 Å². The van der Waals surface area contributed by atoms with E-state index in [-0.39, 0.29) is 17.9 Å². The van der Waals surface area contributed by atoms with Gasteiger partial charge in [-0.05, 0) is 18.4 Å². The molecular formula is C17H25NO2S. The van der Waals surface area contributed by atoms with Crippen LogP contribution in [-0.4, -0.2) is 22.1 Å². The van der Waals surface area contributed by atoms with Crippen LogP contribution in [0.3, 0.4) is 0 Å². The van der Waals surface area contributed by atoms with Gasteiger partial charge in [-0.3, -0.25) is 9.00 Å². The fraction of sp³-hybridized carbons (Fsp3) is 0.588. The van der Waals surface area contributed by atoms with Crippen molar-refractivity contribution in [1.82, 2.24) is 5.32 Å². The lowest BCUT2D eigenvalue weighted by Crippen LogP contribution is -2.36. The van der Waals surface area contributed by atoms with Crippen LogP contribution in [0.4, 0.5) is 0 Å². The molecule has 0 unspecified atom stereocenters. The Morgan fingerprint density at radius 1 is 1.19 bits per heavy atom. The summed E-state index contributed by atoms with van der Waals surface area (Å²) in [6.45, 7) is 0. The maximum absolute atomic E-state index is 12.5. The van der Waals surface area contributed by atoms with E-state index in [1.54, 1.807) is 6.26 Å². The van der Waals surface area contributed by atoms with Gasteiger partial charge in [0, 0.05) is 28.7 Å². The first kappa shape index (κ1) is 16.2. The summed E-state index contributed by atoms with van der Waals surface area (Å²) in [7, 11) is -0.936. The predicted octanol–water partition coefficient (Wildman–Crippen LogP) is 3.19. The standard InChI is InChI=1S/C17H25NO2S/c1-21(20)13-16(14-9-7-4-8-10-14)18-17(19)15-11-5-2-3-6-12-15/h4,7-10,15-16H,2-3,5-6,11-13H2,1H3,(H,18,19)/t16-,21+/m0/s1. The maximum atomic E-state index is 12.5. The second-order valence-corrected chi connectivity index (χ2v) is 7.38. The lowest BCUT2D eigenvalue weighted by atomic mass is 9.98. The van der Waals surface area contributed by atoms with E-state index in [0.717, 1.165) is 31.2 Å². The van der Waals surface area contributed by atoms with Crippen LogP contribution >= 0.6 is 0 Å². The molecular weight excluding hydrogens is 282 g/mol. The summed E-state index contributed by atoms with van der Waals surface area (Å²) >= 11 is 0. The SMILES string of the molecule is C[S@@](=O)C[C@H](NC(=O)C1CCCCCC1)c1ccccc1. The van der Waals surface area contributed by atoms with Crippen molar-refractivity contribution in [2.45, 2.75) is 44.6 Å². The van der Waals surface area contributed by atoms with Crippen LogP contribution in [0.15, 0.2) is 30.3 Å². The zero-order chi connectivity index (χ0) is 15.1. The third-order valence-corrected chi connectivity index (χ3v) is 4.95. The van der Waals surface area contributed by atoms with Gasteiger partial charge in [0.15, 0.2) is 0 Å². The predicted molar refractivity (Wildman–Crippen MR) is 87.5 cm³/mol. The first-order chi connectivity index (χ1) is 10.2. The third-order valence-electron chi connectivity index (χ3n) is 4.15. The molecule has 0 spiro atoms. The molecule has 2 atom stereocenters. The second-order valence-electron chi connectivity index (χ2n) is 5.90. The zero-order valence-corrected chi connectivity index (χ0v) is 13.5. The smallest absolute Gasteiger partial charge is 0.223 e. The number of rotatable bonds is 5. The molecule has 0 saturated heterocycles. The molecule has 0 aliphatic heterocycles. The molecule has 0 bridgehead atoms. The van der Waals surface area contributed by atoms with Gasteiger partial charge in [-0.25, -0.2) is 0 Å². The lowest BCUT2D eigenvalue weighted by molar-refractivity contribution is -0.126. The number of carbonyl (C=O) groups excluding carboxylic acids is 1. The number of carbonyl (C=O) groups is 1. The van der Waals surface area contributed by atoms with Gasteiger partial charge in [0.25, 0.3) is 0 Å². The summed E-state index contributed by atoms with van der Waals surface area (Å²) < 4.78 is 11.6. The molecule has 1 fully saturated rings. The average molecular weight is 307 g/mol. The number of nitrogens with one attached hydrogen (secondary N) is 1. The average Bonchev–Trinajstić information content (AvgIpc) is 2.76.